The lowest BCUT2D eigenvalue weighted by Crippen LogP contribution is -2.52. The van der Waals surface area contributed by atoms with Gasteiger partial charge in [0, 0.05) is 16.7 Å². The predicted octanol–water partition coefficient (Wildman–Crippen LogP) is 4.17. The van der Waals surface area contributed by atoms with Gasteiger partial charge in [0.2, 0.25) is 0 Å². The Bertz CT molecular complexity index is 1590. The second-order valence-corrected chi connectivity index (χ2v) is 9.91. The van der Waals surface area contributed by atoms with Crippen molar-refractivity contribution < 1.29 is 36.6 Å². The largest absolute Gasteiger partial charge is 0.488 e. The van der Waals surface area contributed by atoms with Crippen molar-refractivity contribution >= 4 is 17.0 Å². The predicted molar refractivity (Wildman–Crippen MR) is 130 cm³/mol. The molecule has 2 aromatic carbocycles. The molecule has 12 heteroatoms. The summed E-state index contributed by atoms with van der Waals surface area (Å²) in [5.41, 5.74) is 2.18. The molecule has 0 bridgehead atoms. The molecule has 2 aliphatic rings. The lowest BCUT2D eigenvalue weighted by Gasteiger charge is -2.31. The van der Waals surface area contributed by atoms with Crippen molar-refractivity contribution in [3.63, 3.8) is 0 Å². The molecule has 8 nitrogen and oxygen atoms in total. The highest BCUT2D eigenvalue weighted by Gasteiger charge is 2.59. The molecule has 0 spiro atoms. The van der Waals surface area contributed by atoms with Gasteiger partial charge in [-0.1, -0.05) is 0 Å². The first-order valence-corrected chi connectivity index (χ1v) is 12.1. The maximum Gasteiger partial charge on any atom is 0.414 e. The Morgan fingerprint density at radius 2 is 1.90 bits per heavy atom. The van der Waals surface area contributed by atoms with Gasteiger partial charge < -0.3 is 25.3 Å². The van der Waals surface area contributed by atoms with Crippen LogP contribution in [0.3, 0.4) is 0 Å². The smallest absolute Gasteiger partial charge is 0.414 e. The highest BCUT2D eigenvalue weighted by Crippen LogP contribution is 2.52. The number of benzene rings is 2. The van der Waals surface area contributed by atoms with Gasteiger partial charge in [-0.2, -0.15) is 13.2 Å². The number of nitrogens with two attached hydrogens (primary N) is 1. The summed E-state index contributed by atoms with van der Waals surface area (Å²) in [6.07, 6.45) is -2.48. The molecule has 6 rings (SSSR count). The molecule has 0 radical (unpaired) electrons. The molecule has 1 fully saturated rings. The molecule has 0 saturated heterocycles. The molecule has 4 aromatic rings. The zero-order valence-corrected chi connectivity index (χ0v) is 20.3. The Kier molecular flexibility index (Phi) is 5.67. The van der Waals surface area contributed by atoms with Gasteiger partial charge in [-0.3, -0.25) is 4.79 Å². The Labute approximate surface area is 218 Å². The van der Waals surface area contributed by atoms with Crippen molar-refractivity contribution in [2.45, 2.75) is 30.2 Å². The fraction of sp³-hybridized carbons (Fsp3) is 0.296. The minimum Gasteiger partial charge on any atom is -0.488 e. The first-order chi connectivity index (χ1) is 18.5. The molecule has 4 N–H and O–H groups in total. The minimum absolute atomic E-state index is 0.0137. The monoisotopic (exact) mass is 542 g/mol. The molecule has 1 saturated carbocycles. The lowest BCUT2D eigenvalue weighted by atomic mass is 9.86. The van der Waals surface area contributed by atoms with Crippen LogP contribution in [0, 0.1) is 11.7 Å². The maximum atomic E-state index is 14.1. The summed E-state index contributed by atoms with van der Waals surface area (Å²) in [5.74, 6) is -1.63. The highest BCUT2D eigenvalue weighted by atomic mass is 19.4. The number of nitrogens with zero attached hydrogens (tertiary/aromatic N) is 2. The van der Waals surface area contributed by atoms with E-state index in [4.69, 9.17) is 14.9 Å². The van der Waals surface area contributed by atoms with Crippen LogP contribution in [0.25, 0.3) is 22.4 Å². The molecule has 2 aromatic heterocycles. The number of hydrogen-bond donors (Lipinski definition) is 3. The van der Waals surface area contributed by atoms with E-state index in [1.807, 2.05) is 0 Å². The number of carbonyl (C=O) groups excluding carboxylic acids is 1. The number of halogens is 4. The van der Waals surface area contributed by atoms with Gasteiger partial charge in [0.15, 0.2) is 23.3 Å². The number of aliphatic hydroxyl groups is 1. The van der Waals surface area contributed by atoms with Gasteiger partial charge in [-0.25, -0.2) is 14.4 Å². The molecular formula is C27H22F4N4O4. The number of hydrogen-bond acceptors (Lipinski definition) is 7. The number of fused-ring (bicyclic) bond motifs is 2. The quantitative estimate of drug-likeness (QED) is 0.313. The van der Waals surface area contributed by atoms with Gasteiger partial charge in [-0.05, 0) is 67.3 Å². The molecule has 39 heavy (non-hydrogen) atoms. The van der Waals surface area contributed by atoms with E-state index in [0.717, 1.165) is 18.2 Å². The molecule has 1 aliphatic heterocycles. The summed E-state index contributed by atoms with van der Waals surface area (Å²) in [6.45, 7) is -1.21. The molecule has 2 atom stereocenters. The van der Waals surface area contributed by atoms with Gasteiger partial charge in [0.1, 0.15) is 29.2 Å². The van der Waals surface area contributed by atoms with Crippen molar-refractivity contribution in [3.8, 4) is 17.0 Å². The average Bonchev–Trinajstić information content (AvgIpc) is 3.57. The van der Waals surface area contributed by atoms with Crippen LogP contribution in [0.1, 0.15) is 34.5 Å². The molecule has 1 aliphatic carbocycles. The van der Waals surface area contributed by atoms with Crippen LogP contribution in [0.5, 0.6) is 5.75 Å². The van der Waals surface area contributed by atoms with Crippen molar-refractivity contribution in [2.75, 3.05) is 13.2 Å². The Hall–Kier alpha value is -4.03. The van der Waals surface area contributed by atoms with Gasteiger partial charge >= 0.3 is 6.18 Å². The molecule has 1 amide bonds. The molecule has 3 heterocycles. The Morgan fingerprint density at radius 3 is 2.59 bits per heavy atom. The third-order valence-electron chi connectivity index (χ3n) is 7.33. The minimum atomic E-state index is -4.87. The van der Waals surface area contributed by atoms with Crippen LogP contribution in [0.15, 0.2) is 59.3 Å². The first kappa shape index (κ1) is 25.3. The standard InChI is InChI=1S/C27H22F4N4O4/c28-17-6-1-14(2-7-17)22-23-18(26(32,12-38-23)27(29,30)31)10-21(35-22)25(37,16-4-5-16)11-33-24(36)15-3-8-19-20(9-15)39-13-34-19/h1-3,6-10,13,16,37H,4-5,11-12,32H2,(H,33,36)/t25-,26+/m1/s1. The van der Waals surface area contributed by atoms with Crippen molar-refractivity contribution in [2.24, 2.45) is 11.7 Å². The average molecular weight is 542 g/mol. The summed E-state index contributed by atoms with van der Waals surface area (Å²) in [5, 5.41) is 14.5. The summed E-state index contributed by atoms with van der Waals surface area (Å²) >= 11 is 0. The number of alkyl halides is 3. The molecule has 0 unspecified atom stereocenters. The Morgan fingerprint density at radius 1 is 1.15 bits per heavy atom. The van der Waals surface area contributed by atoms with Gasteiger partial charge in [0.05, 0.1) is 12.2 Å². The van der Waals surface area contributed by atoms with E-state index in [2.05, 4.69) is 15.3 Å². The van der Waals surface area contributed by atoms with E-state index in [1.54, 1.807) is 12.1 Å². The Balaban J connectivity index is 1.41. The second kappa shape index (κ2) is 8.75. The van der Waals surface area contributed by atoms with E-state index in [0.29, 0.717) is 23.9 Å². The normalized spacial score (nSPS) is 20.4. The topological polar surface area (TPSA) is 124 Å². The number of ether oxygens (including phenoxy) is 1. The lowest BCUT2D eigenvalue weighted by molar-refractivity contribution is -0.191. The van der Waals surface area contributed by atoms with E-state index in [1.165, 1.54) is 24.6 Å². The van der Waals surface area contributed by atoms with Crippen molar-refractivity contribution in [3.05, 3.63) is 77.6 Å². The second-order valence-electron chi connectivity index (χ2n) is 9.91. The van der Waals surface area contributed by atoms with Crippen LogP contribution in [0.2, 0.25) is 0 Å². The fourth-order valence-electron chi connectivity index (χ4n) is 4.85. The number of oxazole rings is 1. The fourth-order valence-corrected chi connectivity index (χ4v) is 4.85. The maximum absolute atomic E-state index is 14.1. The highest BCUT2D eigenvalue weighted by molar-refractivity contribution is 5.97. The van der Waals surface area contributed by atoms with E-state index in [-0.39, 0.29) is 46.3 Å². The van der Waals surface area contributed by atoms with Gasteiger partial charge in [-0.15, -0.1) is 0 Å². The summed E-state index contributed by atoms with van der Waals surface area (Å²) in [4.78, 5) is 21.5. The number of nitrogens with one attached hydrogen (secondary N) is 1. The zero-order valence-electron chi connectivity index (χ0n) is 20.3. The van der Waals surface area contributed by atoms with Crippen LogP contribution in [0.4, 0.5) is 17.6 Å². The summed E-state index contributed by atoms with van der Waals surface area (Å²) < 4.78 is 66.7. The number of aromatic nitrogens is 2. The van der Waals surface area contributed by atoms with Gasteiger partial charge in [0.25, 0.3) is 5.91 Å². The number of amides is 1. The zero-order chi connectivity index (χ0) is 27.6. The van der Waals surface area contributed by atoms with Crippen molar-refractivity contribution in [1.29, 1.82) is 0 Å². The number of pyridine rings is 1. The van der Waals surface area contributed by atoms with E-state index in [9.17, 15) is 27.5 Å². The van der Waals surface area contributed by atoms with Crippen LogP contribution in [-0.2, 0) is 11.1 Å². The van der Waals surface area contributed by atoms with E-state index < -0.39 is 35.6 Å². The third kappa shape index (κ3) is 4.20. The SMILES string of the molecule is N[C@@]1(C(F)(F)F)COc2c1cc([C@@](O)(CNC(=O)c1ccc3ncoc3c1)C1CC1)nc2-c1ccc(F)cc1. The van der Waals surface area contributed by atoms with Crippen LogP contribution < -0.4 is 15.8 Å². The third-order valence-corrected chi connectivity index (χ3v) is 7.33. The van der Waals surface area contributed by atoms with Crippen LogP contribution >= 0.6 is 0 Å². The number of rotatable bonds is 6. The number of carbonyl (C=O) groups is 1. The summed E-state index contributed by atoms with van der Waals surface area (Å²) in [6, 6.07) is 10.7. The van der Waals surface area contributed by atoms with Crippen LogP contribution in [-0.4, -0.2) is 40.3 Å². The summed E-state index contributed by atoms with van der Waals surface area (Å²) in [7, 11) is 0. The first-order valence-electron chi connectivity index (χ1n) is 12.1. The molecule has 202 valence electrons. The van der Waals surface area contributed by atoms with Crippen molar-refractivity contribution in [1.82, 2.24) is 15.3 Å². The van der Waals surface area contributed by atoms with E-state index >= 15 is 0 Å². The molecular weight excluding hydrogens is 520 g/mol.